The third-order valence-corrected chi connectivity index (χ3v) is 6.58. The number of nitrogens with zero attached hydrogens (tertiary/aromatic N) is 5. The van der Waals surface area contributed by atoms with Crippen LogP contribution in [0.5, 0.6) is 0 Å². The van der Waals surface area contributed by atoms with Crippen LogP contribution < -0.4 is 10.6 Å². The maximum Gasteiger partial charge on any atom is 0.237 e. The second kappa shape index (κ2) is 8.43. The largest absolute Gasteiger partial charge is 0.336 e. The zero-order valence-corrected chi connectivity index (χ0v) is 16.6. The fourth-order valence-corrected chi connectivity index (χ4v) is 4.92. The number of hydrogen-bond donors (Lipinski definition) is 2. The molecule has 0 spiro atoms. The minimum absolute atomic E-state index is 0.0736. The molecule has 2 fully saturated rings. The molecule has 1 aromatic heterocycles. The van der Waals surface area contributed by atoms with Crippen LogP contribution in [0.25, 0.3) is 0 Å². The van der Waals surface area contributed by atoms with Gasteiger partial charge in [0.2, 0.25) is 11.8 Å². The average molecular weight is 404 g/mol. The molecule has 9 nitrogen and oxygen atoms in total. The van der Waals surface area contributed by atoms with Gasteiger partial charge in [-0.2, -0.15) is 5.26 Å². The van der Waals surface area contributed by atoms with E-state index in [1.54, 1.807) is 4.90 Å². The second-order valence-electron chi connectivity index (χ2n) is 7.50. The van der Waals surface area contributed by atoms with Crippen molar-refractivity contribution < 1.29 is 9.59 Å². The third kappa shape index (κ3) is 4.27. The Morgan fingerprint density at radius 3 is 2.86 bits per heavy atom. The third-order valence-electron chi connectivity index (χ3n) is 5.58. The van der Waals surface area contributed by atoms with Crippen molar-refractivity contribution in [1.29, 1.82) is 5.26 Å². The molecule has 28 heavy (non-hydrogen) atoms. The summed E-state index contributed by atoms with van der Waals surface area (Å²) in [6.45, 7) is 6.50. The Kier molecular flexibility index (Phi) is 5.75. The molecule has 1 atom stereocenters. The van der Waals surface area contributed by atoms with Crippen molar-refractivity contribution in [2.24, 2.45) is 5.92 Å². The predicted molar refractivity (Wildman–Crippen MR) is 104 cm³/mol. The summed E-state index contributed by atoms with van der Waals surface area (Å²) < 4.78 is 0. The van der Waals surface area contributed by atoms with Crippen LogP contribution >= 0.6 is 11.3 Å². The minimum Gasteiger partial charge on any atom is -0.336 e. The van der Waals surface area contributed by atoms with Crippen LogP contribution in [0.4, 0.5) is 5.13 Å². The standard InChI is InChI=1S/C18H25N7O2S/c19-12-24-5-1-13(9-24)17(27)22-18-21-14-2-6-25(10-15(14)28-18)16(26)11-23-7-3-20-4-8-23/h13,20H,1-11H2,(H,21,22,27)/t13-/m1/s1. The molecule has 2 saturated heterocycles. The van der Waals surface area contributed by atoms with Crippen molar-refractivity contribution in [1.82, 2.24) is 25.0 Å². The number of carbonyl (C=O) groups is 2. The summed E-state index contributed by atoms with van der Waals surface area (Å²) in [5, 5.41) is 15.7. The van der Waals surface area contributed by atoms with Crippen molar-refractivity contribution in [3.05, 3.63) is 10.6 Å². The number of aromatic nitrogens is 1. The van der Waals surface area contributed by atoms with Crippen molar-refractivity contribution in [2.75, 3.05) is 57.7 Å². The molecule has 0 saturated carbocycles. The van der Waals surface area contributed by atoms with Gasteiger partial charge in [0.15, 0.2) is 11.3 Å². The molecule has 10 heteroatoms. The predicted octanol–water partition coefficient (Wildman–Crippen LogP) is -0.326. The van der Waals surface area contributed by atoms with Crippen LogP contribution in [-0.2, 0) is 22.6 Å². The van der Waals surface area contributed by atoms with Crippen molar-refractivity contribution in [3.8, 4) is 6.19 Å². The van der Waals surface area contributed by atoms with Crippen molar-refractivity contribution >= 4 is 28.3 Å². The zero-order chi connectivity index (χ0) is 19.5. The number of hydrogen-bond acceptors (Lipinski definition) is 8. The number of nitrogens with one attached hydrogen (secondary N) is 2. The number of anilines is 1. The minimum atomic E-state index is -0.169. The Hall–Kier alpha value is -2.22. The van der Waals surface area contributed by atoms with Gasteiger partial charge in [0.1, 0.15) is 0 Å². The first-order chi connectivity index (χ1) is 13.6. The lowest BCUT2D eigenvalue weighted by Crippen LogP contribution is -2.49. The molecule has 4 rings (SSSR count). The quantitative estimate of drug-likeness (QED) is 0.664. The Morgan fingerprint density at radius 2 is 2.11 bits per heavy atom. The first kappa shape index (κ1) is 19.1. The summed E-state index contributed by atoms with van der Waals surface area (Å²) >= 11 is 1.46. The molecule has 2 amide bonds. The summed E-state index contributed by atoms with van der Waals surface area (Å²) in [7, 11) is 0. The van der Waals surface area contributed by atoms with Gasteiger partial charge in [0.05, 0.1) is 24.7 Å². The number of piperazine rings is 1. The molecule has 1 aromatic rings. The first-order valence-corrected chi connectivity index (χ1v) is 10.6. The SMILES string of the molecule is N#CN1CC[C@@H](C(=O)Nc2nc3c(s2)CN(C(=O)CN2CCNCC2)CC3)C1. The Bertz CT molecular complexity index is 783. The molecule has 150 valence electrons. The van der Waals surface area contributed by atoms with E-state index < -0.39 is 0 Å². The number of thiazole rings is 1. The van der Waals surface area contributed by atoms with Gasteiger partial charge in [-0.25, -0.2) is 4.98 Å². The summed E-state index contributed by atoms with van der Waals surface area (Å²) in [4.78, 5) is 36.4. The van der Waals surface area contributed by atoms with E-state index >= 15 is 0 Å². The maximum absolute atomic E-state index is 12.6. The molecule has 0 bridgehead atoms. The number of rotatable bonds is 4. The molecule has 3 aliphatic heterocycles. The summed E-state index contributed by atoms with van der Waals surface area (Å²) in [6, 6.07) is 0. The van der Waals surface area contributed by atoms with Gasteiger partial charge < -0.3 is 20.4 Å². The topological polar surface area (TPSA) is 105 Å². The number of fused-ring (bicyclic) bond motifs is 1. The van der Waals surface area contributed by atoms with E-state index in [0.29, 0.717) is 44.3 Å². The molecule has 3 aliphatic rings. The lowest BCUT2D eigenvalue weighted by atomic mass is 10.1. The lowest BCUT2D eigenvalue weighted by Gasteiger charge is -2.31. The van der Waals surface area contributed by atoms with Gasteiger partial charge in [0, 0.05) is 57.1 Å². The van der Waals surface area contributed by atoms with E-state index in [1.807, 2.05) is 4.90 Å². The van der Waals surface area contributed by atoms with Crippen LogP contribution in [0.2, 0.25) is 0 Å². The second-order valence-corrected chi connectivity index (χ2v) is 8.58. The Balaban J connectivity index is 1.32. The van der Waals surface area contributed by atoms with Gasteiger partial charge in [-0.3, -0.25) is 14.5 Å². The van der Waals surface area contributed by atoms with Gasteiger partial charge in [-0.1, -0.05) is 11.3 Å². The van der Waals surface area contributed by atoms with E-state index in [2.05, 4.69) is 26.7 Å². The number of carbonyl (C=O) groups excluding carboxylic acids is 2. The summed E-state index contributed by atoms with van der Waals surface area (Å²) in [6.07, 6.45) is 3.51. The summed E-state index contributed by atoms with van der Waals surface area (Å²) in [5.41, 5.74) is 0.983. The molecule has 4 heterocycles. The maximum atomic E-state index is 12.6. The molecular weight excluding hydrogens is 378 g/mol. The normalized spacial score (nSPS) is 22.6. The van der Waals surface area contributed by atoms with E-state index in [4.69, 9.17) is 5.26 Å². The number of nitriles is 1. The highest BCUT2D eigenvalue weighted by Crippen LogP contribution is 2.29. The van der Waals surface area contributed by atoms with Gasteiger partial charge in [-0.15, -0.1) is 0 Å². The smallest absolute Gasteiger partial charge is 0.237 e. The highest BCUT2D eigenvalue weighted by Gasteiger charge is 2.30. The van der Waals surface area contributed by atoms with Crippen LogP contribution in [-0.4, -0.2) is 83.9 Å². The van der Waals surface area contributed by atoms with Gasteiger partial charge >= 0.3 is 0 Å². The van der Waals surface area contributed by atoms with Crippen LogP contribution in [0.1, 0.15) is 17.0 Å². The zero-order valence-electron chi connectivity index (χ0n) is 15.8. The van der Waals surface area contributed by atoms with Crippen molar-refractivity contribution in [2.45, 2.75) is 19.4 Å². The molecule has 0 aliphatic carbocycles. The first-order valence-electron chi connectivity index (χ1n) is 9.77. The van der Waals surface area contributed by atoms with E-state index in [1.165, 1.54) is 11.3 Å². The molecule has 0 aromatic carbocycles. The van der Waals surface area contributed by atoms with E-state index in [0.717, 1.165) is 43.2 Å². The fourth-order valence-electron chi connectivity index (χ4n) is 3.89. The fraction of sp³-hybridized carbons (Fsp3) is 0.667. The molecular formula is C18H25N7O2S. The molecule has 2 N–H and O–H groups in total. The van der Waals surface area contributed by atoms with E-state index in [9.17, 15) is 9.59 Å². The van der Waals surface area contributed by atoms with E-state index in [-0.39, 0.29) is 17.7 Å². The van der Waals surface area contributed by atoms with Crippen LogP contribution in [0.3, 0.4) is 0 Å². The molecule has 0 unspecified atom stereocenters. The van der Waals surface area contributed by atoms with Gasteiger partial charge in [0.25, 0.3) is 0 Å². The highest BCUT2D eigenvalue weighted by atomic mass is 32.1. The number of amides is 2. The highest BCUT2D eigenvalue weighted by molar-refractivity contribution is 7.15. The van der Waals surface area contributed by atoms with Crippen LogP contribution in [0, 0.1) is 17.4 Å². The average Bonchev–Trinajstić information content (AvgIpc) is 3.34. The molecule has 0 radical (unpaired) electrons. The summed E-state index contributed by atoms with van der Waals surface area (Å²) in [5.74, 6) is -0.0812. The Morgan fingerprint density at radius 1 is 1.29 bits per heavy atom. The number of likely N-dealkylation sites (tertiary alicyclic amines) is 1. The lowest BCUT2D eigenvalue weighted by molar-refractivity contribution is -0.133. The van der Waals surface area contributed by atoms with Crippen LogP contribution in [0.15, 0.2) is 0 Å². The Labute approximate surface area is 168 Å². The van der Waals surface area contributed by atoms with Gasteiger partial charge in [-0.05, 0) is 6.42 Å². The monoisotopic (exact) mass is 403 g/mol. The van der Waals surface area contributed by atoms with Crippen molar-refractivity contribution in [3.63, 3.8) is 0 Å².